The highest BCUT2D eigenvalue weighted by atomic mass is 16.7. The zero-order valence-corrected chi connectivity index (χ0v) is 22.0. The number of nitrogens with two attached hydrogens (primary N) is 1. The van der Waals surface area contributed by atoms with Crippen LogP contribution in [0.5, 0.6) is 0 Å². The Kier molecular flexibility index (Phi) is 7.83. The lowest BCUT2D eigenvalue weighted by molar-refractivity contribution is -0.149. The van der Waals surface area contributed by atoms with Gasteiger partial charge < -0.3 is 25.4 Å². The van der Waals surface area contributed by atoms with Crippen LogP contribution >= 0.6 is 0 Å². The highest BCUT2D eigenvalue weighted by molar-refractivity contribution is 6.33. The maximum atomic E-state index is 14.0. The number of rotatable bonds is 11. The van der Waals surface area contributed by atoms with Gasteiger partial charge in [0.05, 0.1) is 13.2 Å². The Labute approximate surface area is 221 Å². The number of aliphatic hydroxyl groups is 2. The predicted molar refractivity (Wildman–Crippen MR) is 140 cm³/mol. The van der Waals surface area contributed by atoms with Crippen molar-refractivity contribution in [2.24, 2.45) is 5.92 Å². The van der Waals surface area contributed by atoms with Gasteiger partial charge in [0.25, 0.3) is 5.60 Å². The molecule has 1 saturated heterocycles. The summed E-state index contributed by atoms with van der Waals surface area (Å²) in [5.41, 5.74) is 5.14. The highest BCUT2D eigenvalue weighted by Crippen LogP contribution is 2.59. The van der Waals surface area contributed by atoms with Crippen LogP contribution < -0.4 is 5.73 Å². The first-order valence-electron chi connectivity index (χ1n) is 12.8. The second kappa shape index (κ2) is 10.8. The number of allylic oxidation sites excluding steroid dienone is 1. The van der Waals surface area contributed by atoms with Gasteiger partial charge in [0.1, 0.15) is 12.4 Å². The molecular weight excluding hydrogens is 488 g/mol. The van der Waals surface area contributed by atoms with E-state index in [4.69, 9.17) is 15.2 Å². The molecule has 2 atom stereocenters. The van der Waals surface area contributed by atoms with Crippen molar-refractivity contribution in [2.75, 3.05) is 25.6 Å². The normalized spacial score (nSPS) is 22.6. The summed E-state index contributed by atoms with van der Waals surface area (Å²) in [4.78, 5) is 45.2. The number of hydrogen-bond donors (Lipinski definition) is 3. The lowest BCUT2D eigenvalue weighted by Crippen LogP contribution is -2.51. The number of ether oxygens (including phenoxy) is 2. The van der Waals surface area contributed by atoms with Gasteiger partial charge in [0, 0.05) is 23.7 Å². The number of carbonyl (C=O) groups is 3. The molecule has 1 aromatic carbocycles. The summed E-state index contributed by atoms with van der Waals surface area (Å²) in [5, 5.41) is 19.5. The third-order valence-corrected chi connectivity index (χ3v) is 7.29. The number of epoxide rings is 1. The number of hydrogen-bond acceptors (Lipinski definition) is 9. The number of nitrogen functional groups attached to an aromatic ring is 1. The minimum absolute atomic E-state index is 0.138. The van der Waals surface area contributed by atoms with Crippen LogP contribution in [-0.4, -0.2) is 63.8 Å². The molecule has 38 heavy (non-hydrogen) atoms. The van der Waals surface area contributed by atoms with Gasteiger partial charge >= 0.3 is 5.97 Å². The molecule has 0 bridgehead atoms. The number of esters is 1. The van der Waals surface area contributed by atoms with Crippen molar-refractivity contribution in [1.82, 2.24) is 4.98 Å². The number of anilines is 1. The SMILES string of the molecule is C/C(CCc1ccnc(N)c1)=C(/CO)C[C@@]12O[C@]1(C(=O)OCCO)C(=O)c1c(CC(C)C)cccc1C2=O. The summed E-state index contributed by atoms with van der Waals surface area (Å²) in [7, 11) is 0. The van der Waals surface area contributed by atoms with Crippen molar-refractivity contribution in [3.63, 3.8) is 0 Å². The number of aliphatic hydroxyl groups excluding tert-OH is 2. The van der Waals surface area contributed by atoms with E-state index in [1.807, 2.05) is 26.8 Å². The maximum Gasteiger partial charge on any atom is 0.350 e. The van der Waals surface area contributed by atoms with Gasteiger partial charge in [-0.2, -0.15) is 0 Å². The molecule has 9 nitrogen and oxygen atoms in total. The fraction of sp³-hybridized carbons (Fsp3) is 0.448. The minimum Gasteiger partial charge on any atom is -0.461 e. The average Bonchev–Trinajstić information content (AvgIpc) is 3.59. The van der Waals surface area contributed by atoms with Gasteiger partial charge in [-0.1, -0.05) is 37.6 Å². The van der Waals surface area contributed by atoms with Crippen molar-refractivity contribution in [1.29, 1.82) is 0 Å². The Morgan fingerprint density at radius 1 is 1.18 bits per heavy atom. The lowest BCUT2D eigenvalue weighted by atomic mass is 9.69. The van der Waals surface area contributed by atoms with E-state index < -0.39 is 35.3 Å². The van der Waals surface area contributed by atoms with Gasteiger partial charge in [-0.25, -0.2) is 9.78 Å². The number of Topliss-reactive ketones (excluding diaryl/α,β-unsaturated/α-hetero) is 2. The summed E-state index contributed by atoms with van der Waals surface area (Å²) in [6.45, 7) is 4.69. The Bertz CT molecular complexity index is 1300. The number of ketones is 2. The molecule has 4 rings (SSSR count). The molecule has 9 heteroatoms. The van der Waals surface area contributed by atoms with E-state index in [0.717, 1.165) is 11.1 Å². The Morgan fingerprint density at radius 3 is 2.61 bits per heavy atom. The molecule has 0 radical (unpaired) electrons. The van der Waals surface area contributed by atoms with Crippen LogP contribution in [0.15, 0.2) is 47.7 Å². The van der Waals surface area contributed by atoms with Crippen LogP contribution in [0.25, 0.3) is 0 Å². The molecule has 0 spiro atoms. The zero-order valence-electron chi connectivity index (χ0n) is 22.0. The van der Waals surface area contributed by atoms with Crippen molar-refractivity contribution in [3.8, 4) is 0 Å². The summed E-state index contributed by atoms with van der Waals surface area (Å²) in [5.74, 6) is -1.49. The maximum absolute atomic E-state index is 14.0. The number of benzene rings is 1. The molecule has 4 N–H and O–H groups in total. The third kappa shape index (κ3) is 4.66. The molecule has 0 amide bonds. The van der Waals surface area contributed by atoms with Crippen molar-refractivity contribution >= 4 is 23.4 Å². The number of pyridine rings is 1. The van der Waals surface area contributed by atoms with Crippen molar-refractivity contribution in [2.45, 2.75) is 57.7 Å². The largest absolute Gasteiger partial charge is 0.461 e. The molecule has 1 aliphatic heterocycles. The molecule has 2 heterocycles. The topological polar surface area (TPSA) is 152 Å². The smallest absolute Gasteiger partial charge is 0.350 e. The first-order chi connectivity index (χ1) is 18.1. The van der Waals surface area contributed by atoms with E-state index in [2.05, 4.69) is 4.98 Å². The molecule has 0 saturated carbocycles. The van der Waals surface area contributed by atoms with Crippen LogP contribution in [0.1, 0.15) is 65.5 Å². The Balaban J connectivity index is 1.73. The monoisotopic (exact) mass is 522 g/mol. The van der Waals surface area contributed by atoms with Crippen molar-refractivity contribution < 1.29 is 34.1 Å². The molecule has 202 valence electrons. The molecule has 2 aliphatic rings. The van der Waals surface area contributed by atoms with Crippen molar-refractivity contribution in [3.05, 3.63) is 69.9 Å². The fourth-order valence-electron chi connectivity index (χ4n) is 5.31. The number of aromatic nitrogens is 1. The van der Waals surface area contributed by atoms with Gasteiger partial charge in [-0.3, -0.25) is 9.59 Å². The fourth-order valence-corrected chi connectivity index (χ4v) is 5.31. The lowest BCUT2D eigenvalue weighted by Gasteiger charge is -2.27. The summed E-state index contributed by atoms with van der Waals surface area (Å²) in [6.07, 6.45) is 3.19. The van der Waals surface area contributed by atoms with E-state index >= 15 is 0 Å². The zero-order chi connectivity index (χ0) is 27.7. The van der Waals surface area contributed by atoms with Gasteiger partial charge in [-0.15, -0.1) is 0 Å². The first-order valence-corrected chi connectivity index (χ1v) is 12.8. The Morgan fingerprint density at radius 2 is 1.95 bits per heavy atom. The Hall–Kier alpha value is -3.40. The van der Waals surface area contributed by atoms with Gasteiger partial charge in [-0.05, 0) is 60.9 Å². The molecule has 1 aromatic heterocycles. The van der Waals surface area contributed by atoms with Crippen LogP contribution in [0.2, 0.25) is 0 Å². The number of carbonyl (C=O) groups excluding carboxylic acids is 3. The quantitative estimate of drug-likeness (QED) is 0.175. The molecule has 1 aliphatic carbocycles. The first kappa shape index (κ1) is 27.6. The van der Waals surface area contributed by atoms with E-state index in [1.54, 1.807) is 30.5 Å². The van der Waals surface area contributed by atoms with E-state index in [-0.39, 0.29) is 36.7 Å². The average molecular weight is 523 g/mol. The van der Waals surface area contributed by atoms with Gasteiger partial charge in [0.2, 0.25) is 5.78 Å². The van der Waals surface area contributed by atoms with Gasteiger partial charge in [0.15, 0.2) is 11.4 Å². The number of fused-ring (bicyclic) bond motifs is 2. The predicted octanol–water partition coefficient (Wildman–Crippen LogP) is 2.62. The summed E-state index contributed by atoms with van der Waals surface area (Å²) < 4.78 is 11.1. The second-order valence-electron chi connectivity index (χ2n) is 10.4. The van der Waals surface area contributed by atoms with E-state index in [9.17, 15) is 24.6 Å². The highest BCUT2D eigenvalue weighted by Gasteiger charge is 2.85. The van der Waals surface area contributed by atoms with Crippen LogP contribution in [0.4, 0.5) is 5.82 Å². The molecule has 0 unspecified atom stereocenters. The van der Waals surface area contributed by atoms with Crippen LogP contribution in [0.3, 0.4) is 0 Å². The molecule has 2 aromatic rings. The summed E-state index contributed by atoms with van der Waals surface area (Å²) >= 11 is 0. The standard InChI is InChI=1S/C29H34N2O7/c1-17(2)13-20-5-4-6-22-24(20)26(35)29(27(36)37-12-11-32)28(38-29,25(22)34)15-21(16-33)18(3)7-8-19-9-10-31-23(30)14-19/h4-6,9-10,14,17,32-33H,7-8,11-13,15-16H2,1-3H3,(H2,30,31)/b21-18-/t28-,29-/m0/s1. The minimum atomic E-state index is -2.15. The van der Waals surface area contributed by atoms with Crippen LogP contribution in [-0.2, 0) is 27.1 Å². The number of aryl methyl sites for hydroxylation is 1. The molecule has 1 fully saturated rings. The second-order valence-corrected chi connectivity index (χ2v) is 10.4. The van der Waals surface area contributed by atoms with E-state index in [1.165, 1.54) is 0 Å². The third-order valence-electron chi connectivity index (χ3n) is 7.29. The molecular formula is C29H34N2O7. The summed E-state index contributed by atoms with van der Waals surface area (Å²) in [6, 6.07) is 8.70. The van der Waals surface area contributed by atoms with Crippen LogP contribution in [0, 0.1) is 5.92 Å². The van der Waals surface area contributed by atoms with E-state index in [0.29, 0.717) is 36.2 Å². The number of nitrogens with zero attached hydrogens (tertiary/aromatic N) is 1.